The molecule has 2 heterocycles. The topological polar surface area (TPSA) is 102 Å². The number of hydrogen-bond acceptors (Lipinski definition) is 6. The van der Waals surface area contributed by atoms with Crippen LogP contribution in [0.15, 0.2) is 12.3 Å². The Morgan fingerprint density at radius 1 is 1.32 bits per heavy atom. The molecular formula is C11H14N4O4. The molecule has 0 aromatic carbocycles. The lowest BCUT2D eigenvalue weighted by atomic mass is 10.0. The van der Waals surface area contributed by atoms with E-state index in [1.54, 1.807) is 0 Å². The van der Waals surface area contributed by atoms with Gasteiger partial charge in [-0.05, 0) is 26.2 Å². The van der Waals surface area contributed by atoms with Crippen molar-refractivity contribution in [1.29, 1.82) is 0 Å². The number of rotatable bonds is 3. The van der Waals surface area contributed by atoms with E-state index in [9.17, 15) is 20.2 Å². The van der Waals surface area contributed by atoms with Crippen LogP contribution in [0, 0.1) is 20.2 Å². The summed E-state index contributed by atoms with van der Waals surface area (Å²) in [6.45, 7) is 2.67. The molecule has 1 aliphatic heterocycles. The van der Waals surface area contributed by atoms with Gasteiger partial charge in [0.25, 0.3) is 5.69 Å². The summed E-state index contributed by atoms with van der Waals surface area (Å²) >= 11 is 0. The molecule has 1 aromatic rings. The van der Waals surface area contributed by atoms with Crippen LogP contribution in [0.3, 0.4) is 0 Å². The van der Waals surface area contributed by atoms with E-state index in [2.05, 4.69) is 4.98 Å². The van der Waals surface area contributed by atoms with Crippen LogP contribution >= 0.6 is 0 Å². The van der Waals surface area contributed by atoms with Crippen molar-refractivity contribution in [2.75, 3.05) is 11.4 Å². The number of aromatic nitrogens is 1. The second kappa shape index (κ2) is 5.17. The summed E-state index contributed by atoms with van der Waals surface area (Å²) < 4.78 is 0. The molecule has 1 aromatic heterocycles. The van der Waals surface area contributed by atoms with E-state index in [1.807, 2.05) is 11.8 Å². The first kappa shape index (κ1) is 13.2. The lowest BCUT2D eigenvalue weighted by Gasteiger charge is -2.33. The summed E-state index contributed by atoms with van der Waals surface area (Å²) in [6, 6.07) is 1.13. The summed E-state index contributed by atoms with van der Waals surface area (Å²) in [5.74, 6) is 0.225. The summed E-state index contributed by atoms with van der Waals surface area (Å²) in [7, 11) is 0. The number of anilines is 1. The molecule has 0 spiro atoms. The van der Waals surface area contributed by atoms with E-state index in [-0.39, 0.29) is 23.2 Å². The maximum atomic E-state index is 11.1. The van der Waals surface area contributed by atoms with Gasteiger partial charge >= 0.3 is 5.69 Å². The molecule has 1 fully saturated rings. The number of nitro groups is 2. The number of nitrogens with zero attached hydrogens (tertiary/aromatic N) is 4. The first-order valence-corrected chi connectivity index (χ1v) is 6.06. The predicted octanol–water partition coefficient (Wildman–Crippen LogP) is 2.28. The largest absolute Gasteiger partial charge is 0.348 e. The average Bonchev–Trinajstić information content (AvgIpc) is 2.38. The van der Waals surface area contributed by atoms with Crippen molar-refractivity contribution in [3.63, 3.8) is 0 Å². The van der Waals surface area contributed by atoms with Crippen molar-refractivity contribution in [2.45, 2.75) is 32.2 Å². The molecule has 0 N–H and O–H groups in total. The molecule has 1 unspecified atom stereocenters. The molecule has 102 valence electrons. The Labute approximate surface area is 109 Å². The molecule has 0 amide bonds. The molecule has 1 saturated heterocycles. The highest BCUT2D eigenvalue weighted by Gasteiger charge is 2.29. The van der Waals surface area contributed by atoms with Crippen LogP contribution in [0.5, 0.6) is 0 Å². The van der Waals surface area contributed by atoms with E-state index < -0.39 is 9.85 Å². The van der Waals surface area contributed by atoms with E-state index in [4.69, 9.17) is 0 Å². The third-order valence-electron chi connectivity index (χ3n) is 3.32. The highest BCUT2D eigenvalue weighted by Crippen LogP contribution is 2.33. The second-order valence-corrected chi connectivity index (χ2v) is 4.59. The summed E-state index contributed by atoms with van der Waals surface area (Å²) in [4.78, 5) is 26.2. The quantitative estimate of drug-likeness (QED) is 0.614. The number of hydrogen-bond donors (Lipinski definition) is 0. The van der Waals surface area contributed by atoms with Crippen molar-refractivity contribution in [1.82, 2.24) is 4.98 Å². The maximum absolute atomic E-state index is 11.1. The first-order chi connectivity index (χ1) is 9.00. The van der Waals surface area contributed by atoms with Crippen molar-refractivity contribution < 1.29 is 9.85 Å². The summed E-state index contributed by atoms with van der Waals surface area (Å²) in [6.07, 6.45) is 4.04. The third-order valence-corrected chi connectivity index (χ3v) is 3.32. The highest BCUT2D eigenvalue weighted by atomic mass is 16.6. The van der Waals surface area contributed by atoms with Crippen LogP contribution in [0.2, 0.25) is 0 Å². The SMILES string of the molecule is CC1CCCCN1c1ncc([N+](=O)[O-])cc1[N+](=O)[O-]. The Morgan fingerprint density at radius 3 is 2.63 bits per heavy atom. The van der Waals surface area contributed by atoms with Crippen LogP contribution in [0.25, 0.3) is 0 Å². The van der Waals surface area contributed by atoms with Gasteiger partial charge in [0, 0.05) is 12.6 Å². The van der Waals surface area contributed by atoms with E-state index in [1.165, 1.54) is 0 Å². The van der Waals surface area contributed by atoms with Crippen molar-refractivity contribution in [2.24, 2.45) is 0 Å². The molecule has 0 bridgehead atoms. The molecular weight excluding hydrogens is 252 g/mol. The summed E-state index contributed by atoms with van der Waals surface area (Å²) in [5.41, 5.74) is -0.664. The molecule has 0 radical (unpaired) electrons. The van der Waals surface area contributed by atoms with Gasteiger partial charge in [-0.1, -0.05) is 0 Å². The van der Waals surface area contributed by atoms with Crippen LogP contribution in [-0.4, -0.2) is 27.4 Å². The zero-order chi connectivity index (χ0) is 14.0. The predicted molar refractivity (Wildman–Crippen MR) is 68.2 cm³/mol. The lowest BCUT2D eigenvalue weighted by Crippen LogP contribution is -2.38. The Bertz CT molecular complexity index is 519. The molecule has 19 heavy (non-hydrogen) atoms. The van der Waals surface area contributed by atoms with E-state index in [0.29, 0.717) is 6.54 Å². The first-order valence-electron chi connectivity index (χ1n) is 6.06. The second-order valence-electron chi connectivity index (χ2n) is 4.59. The minimum absolute atomic E-state index is 0.154. The van der Waals surface area contributed by atoms with Crippen LogP contribution in [-0.2, 0) is 0 Å². The Morgan fingerprint density at radius 2 is 2.05 bits per heavy atom. The van der Waals surface area contributed by atoms with Gasteiger partial charge in [-0.2, -0.15) is 0 Å². The standard InChI is InChI=1S/C11H14N4O4/c1-8-4-2-3-5-13(8)11-10(15(18)19)6-9(7-12-11)14(16)17/h6-8H,2-5H2,1H3. The van der Waals surface area contributed by atoms with Crippen molar-refractivity contribution >= 4 is 17.2 Å². The average molecular weight is 266 g/mol. The minimum atomic E-state index is -0.677. The molecule has 0 saturated carbocycles. The Kier molecular flexibility index (Phi) is 3.59. The maximum Gasteiger partial charge on any atom is 0.318 e. The van der Waals surface area contributed by atoms with E-state index in [0.717, 1.165) is 31.5 Å². The van der Waals surface area contributed by atoms with Crippen LogP contribution in [0.1, 0.15) is 26.2 Å². The zero-order valence-electron chi connectivity index (χ0n) is 10.5. The molecule has 0 aliphatic carbocycles. The van der Waals surface area contributed by atoms with Crippen LogP contribution < -0.4 is 4.90 Å². The molecule has 8 heteroatoms. The van der Waals surface area contributed by atoms with Gasteiger partial charge in [0.2, 0.25) is 5.82 Å². The van der Waals surface area contributed by atoms with Gasteiger partial charge in [-0.3, -0.25) is 20.2 Å². The Hall–Kier alpha value is -2.25. The molecule has 2 rings (SSSR count). The fourth-order valence-electron chi connectivity index (χ4n) is 2.30. The zero-order valence-corrected chi connectivity index (χ0v) is 10.5. The molecule has 1 atom stereocenters. The van der Waals surface area contributed by atoms with Gasteiger partial charge in [0.1, 0.15) is 6.20 Å². The van der Waals surface area contributed by atoms with Gasteiger partial charge in [-0.25, -0.2) is 4.98 Å². The van der Waals surface area contributed by atoms with Gasteiger partial charge < -0.3 is 4.90 Å². The van der Waals surface area contributed by atoms with Gasteiger partial charge in [0.05, 0.1) is 15.9 Å². The van der Waals surface area contributed by atoms with Crippen molar-refractivity contribution in [3.05, 3.63) is 32.5 Å². The third kappa shape index (κ3) is 2.61. The fourth-order valence-corrected chi connectivity index (χ4v) is 2.30. The molecule has 8 nitrogen and oxygen atoms in total. The summed E-state index contributed by atoms with van der Waals surface area (Å²) in [5, 5.41) is 21.7. The number of pyridine rings is 1. The van der Waals surface area contributed by atoms with Crippen LogP contribution in [0.4, 0.5) is 17.2 Å². The van der Waals surface area contributed by atoms with Gasteiger partial charge in [0.15, 0.2) is 0 Å². The normalized spacial score (nSPS) is 19.2. The van der Waals surface area contributed by atoms with E-state index >= 15 is 0 Å². The fraction of sp³-hybridized carbons (Fsp3) is 0.545. The Balaban J connectivity index is 2.44. The molecule has 1 aliphatic rings. The highest BCUT2D eigenvalue weighted by molar-refractivity contribution is 5.61. The smallest absolute Gasteiger partial charge is 0.318 e. The van der Waals surface area contributed by atoms with Crippen molar-refractivity contribution in [3.8, 4) is 0 Å². The lowest BCUT2D eigenvalue weighted by molar-refractivity contribution is -0.394. The minimum Gasteiger partial charge on any atom is -0.348 e. The van der Waals surface area contributed by atoms with Gasteiger partial charge in [-0.15, -0.1) is 0 Å². The number of piperidine rings is 1. The monoisotopic (exact) mass is 266 g/mol.